The Morgan fingerprint density at radius 2 is 1.89 bits per heavy atom. The maximum atomic E-state index is 14.5. The number of methoxy groups -OCH3 is 1. The van der Waals surface area contributed by atoms with Crippen molar-refractivity contribution in [1.82, 2.24) is 15.3 Å². The molecule has 2 atom stereocenters. The van der Waals surface area contributed by atoms with Crippen LogP contribution >= 0.6 is 0 Å². The number of hydrogen-bond acceptors (Lipinski definition) is 8. The Bertz CT molecular complexity index is 1280. The molecule has 202 valence electrons. The lowest BCUT2D eigenvalue weighted by Crippen LogP contribution is -2.17. The normalized spacial score (nSPS) is 12.4. The van der Waals surface area contributed by atoms with Crippen LogP contribution in [0, 0.1) is 23.6 Å². The second kappa shape index (κ2) is 13.8. The molecule has 1 heterocycles. The number of hydrogen-bond donors (Lipinski definition) is 3. The number of aromatic nitrogens is 2. The molecule has 0 aliphatic rings. The SMILES string of the molecule is CNCc1ccc(C(=N)OC(=N)c2nc(-c3ccc(S(=O)C(C)CCOC)cc3)cnc2C)c(F)c1.O.[HH].[HH]. The van der Waals surface area contributed by atoms with Crippen LogP contribution in [0.25, 0.3) is 11.3 Å². The van der Waals surface area contributed by atoms with E-state index < -0.39 is 28.4 Å². The number of rotatable bonds is 10. The molecule has 0 aliphatic heterocycles. The summed E-state index contributed by atoms with van der Waals surface area (Å²) in [5.41, 5.74) is 2.47. The fourth-order valence-corrected chi connectivity index (χ4v) is 4.63. The van der Waals surface area contributed by atoms with E-state index in [0.29, 0.717) is 35.9 Å². The third kappa shape index (κ3) is 7.56. The minimum absolute atomic E-state index is 0. The molecule has 0 saturated heterocycles. The molecule has 0 fully saturated rings. The molecule has 5 N–H and O–H groups in total. The minimum Gasteiger partial charge on any atom is -0.419 e. The summed E-state index contributed by atoms with van der Waals surface area (Å²) in [6.45, 7) is 4.64. The first-order valence-corrected chi connectivity index (χ1v) is 12.6. The Labute approximate surface area is 221 Å². The highest BCUT2D eigenvalue weighted by atomic mass is 32.2. The Morgan fingerprint density at radius 3 is 2.51 bits per heavy atom. The van der Waals surface area contributed by atoms with E-state index in [1.807, 2.05) is 6.92 Å². The van der Waals surface area contributed by atoms with Gasteiger partial charge in [-0.25, -0.2) is 9.37 Å². The summed E-state index contributed by atoms with van der Waals surface area (Å²) in [7, 11) is 2.21. The maximum Gasteiger partial charge on any atom is 0.241 e. The summed E-state index contributed by atoms with van der Waals surface area (Å²) >= 11 is 0. The second-order valence-electron chi connectivity index (χ2n) is 8.21. The summed E-state index contributed by atoms with van der Waals surface area (Å²) in [6, 6.07) is 11.6. The van der Waals surface area contributed by atoms with Crippen LogP contribution in [0.15, 0.2) is 53.6 Å². The number of halogens is 1. The molecule has 0 spiro atoms. The molecular formula is C26H36FN5O4S. The zero-order valence-electron chi connectivity index (χ0n) is 21.2. The molecule has 0 radical (unpaired) electrons. The molecule has 37 heavy (non-hydrogen) atoms. The third-order valence-electron chi connectivity index (χ3n) is 5.51. The lowest BCUT2D eigenvalue weighted by Gasteiger charge is -2.13. The van der Waals surface area contributed by atoms with Crippen LogP contribution < -0.4 is 5.32 Å². The van der Waals surface area contributed by atoms with Crippen molar-refractivity contribution in [3.8, 4) is 11.3 Å². The molecule has 9 nitrogen and oxygen atoms in total. The summed E-state index contributed by atoms with van der Waals surface area (Å²) in [6.07, 6.45) is 2.27. The number of nitrogens with zero attached hydrogens (tertiary/aromatic N) is 2. The van der Waals surface area contributed by atoms with Crippen molar-refractivity contribution in [1.29, 1.82) is 10.8 Å². The van der Waals surface area contributed by atoms with Crippen LogP contribution in [0.5, 0.6) is 0 Å². The van der Waals surface area contributed by atoms with Gasteiger partial charge < -0.3 is 20.3 Å². The lowest BCUT2D eigenvalue weighted by atomic mass is 10.1. The van der Waals surface area contributed by atoms with Gasteiger partial charge in [0.15, 0.2) is 0 Å². The minimum atomic E-state index is -1.17. The largest absolute Gasteiger partial charge is 0.419 e. The molecule has 0 aliphatic carbocycles. The van der Waals surface area contributed by atoms with Gasteiger partial charge in [0, 0.05) is 38.8 Å². The van der Waals surface area contributed by atoms with Crippen molar-refractivity contribution in [2.24, 2.45) is 0 Å². The Balaban J connectivity index is 0.00000481. The molecule has 11 heteroatoms. The highest BCUT2D eigenvalue weighted by Gasteiger charge is 2.18. The Morgan fingerprint density at radius 1 is 1.19 bits per heavy atom. The maximum absolute atomic E-state index is 14.5. The van der Waals surface area contributed by atoms with E-state index >= 15 is 0 Å². The van der Waals surface area contributed by atoms with E-state index in [1.165, 1.54) is 12.1 Å². The van der Waals surface area contributed by atoms with Gasteiger partial charge in [0.05, 0.1) is 33.9 Å². The van der Waals surface area contributed by atoms with Crippen molar-refractivity contribution in [2.45, 2.75) is 37.0 Å². The van der Waals surface area contributed by atoms with E-state index in [2.05, 4.69) is 15.3 Å². The van der Waals surface area contributed by atoms with Crippen molar-refractivity contribution in [2.75, 3.05) is 20.8 Å². The fourth-order valence-electron chi connectivity index (χ4n) is 3.45. The van der Waals surface area contributed by atoms with E-state index in [0.717, 1.165) is 11.1 Å². The van der Waals surface area contributed by atoms with Gasteiger partial charge in [-0.05, 0) is 50.2 Å². The summed E-state index contributed by atoms with van der Waals surface area (Å²) < 4.78 is 37.6. The van der Waals surface area contributed by atoms with E-state index in [4.69, 9.17) is 20.3 Å². The van der Waals surface area contributed by atoms with Crippen molar-refractivity contribution >= 4 is 22.6 Å². The van der Waals surface area contributed by atoms with Gasteiger partial charge >= 0.3 is 0 Å². The summed E-state index contributed by atoms with van der Waals surface area (Å²) in [5.74, 6) is -1.50. The number of aryl methyl sites for hydroxylation is 1. The van der Waals surface area contributed by atoms with E-state index in [-0.39, 0.29) is 24.8 Å². The zero-order valence-corrected chi connectivity index (χ0v) is 22.0. The molecule has 2 unspecified atom stereocenters. The molecule has 3 rings (SSSR count). The number of benzene rings is 2. The van der Waals surface area contributed by atoms with Crippen LogP contribution in [-0.4, -0.2) is 57.5 Å². The Kier molecular flexibility index (Phi) is 11.1. The molecule has 1 aromatic heterocycles. The van der Waals surface area contributed by atoms with Gasteiger partial charge in [0.2, 0.25) is 11.8 Å². The van der Waals surface area contributed by atoms with Crippen LogP contribution in [0.4, 0.5) is 4.39 Å². The summed E-state index contributed by atoms with van der Waals surface area (Å²) in [5, 5.41) is 19.4. The molecular weight excluding hydrogens is 497 g/mol. The average molecular weight is 534 g/mol. The van der Waals surface area contributed by atoms with Gasteiger partial charge in [-0.1, -0.05) is 25.1 Å². The van der Waals surface area contributed by atoms with Crippen molar-refractivity contribution in [3.63, 3.8) is 0 Å². The van der Waals surface area contributed by atoms with Gasteiger partial charge in [0.25, 0.3) is 0 Å². The van der Waals surface area contributed by atoms with Gasteiger partial charge in [-0.2, -0.15) is 0 Å². The topological polar surface area (TPSA) is 153 Å². The van der Waals surface area contributed by atoms with E-state index in [9.17, 15) is 8.60 Å². The van der Waals surface area contributed by atoms with Crippen LogP contribution in [0.1, 0.15) is 38.7 Å². The average Bonchev–Trinajstić information content (AvgIpc) is 2.87. The highest BCUT2D eigenvalue weighted by Crippen LogP contribution is 2.22. The van der Waals surface area contributed by atoms with E-state index in [1.54, 1.807) is 57.6 Å². The van der Waals surface area contributed by atoms with Crippen molar-refractivity contribution in [3.05, 3.63) is 77.0 Å². The van der Waals surface area contributed by atoms with Gasteiger partial charge in [-0.3, -0.25) is 20.0 Å². The third-order valence-corrected chi connectivity index (χ3v) is 7.21. The van der Waals surface area contributed by atoms with Crippen LogP contribution in [0.2, 0.25) is 0 Å². The zero-order chi connectivity index (χ0) is 26.2. The molecule has 2 aromatic carbocycles. The predicted molar refractivity (Wildman–Crippen MR) is 146 cm³/mol. The van der Waals surface area contributed by atoms with Crippen LogP contribution in [0.3, 0.4) is 0 Å². The molecule has 0 bridgehead atoms. The van der Waals surface area contributed by atoms with Crippen molar-refractivity contribution < 1.29 is 26.4 Å². The predicted octanol–water partition coefficient (Wildman–Crippen LogP) is 3.88. The molecule has 0 saturated carbocycles. The monoisotopic (exact) mass is 533 g/mol. The molecule has 3 aromatic rings. The first-order chi connectivity index (χ1) is 17.2. The molecule has 0 amide bonds. The first-order valence-electron chi connectivity index (χ1n) is 11.4. The smallest absolute Gasteiger partial charge is 0.241 e. The Hall–Kier alpha value is -3.38. The van der Waals surface area contributed by atoms with Crippen LogP contribution in [-0.2, 0) is 26.8 Å². The standard InChI is InChI=1S/C26H30FN5O3S.H2O.2H2/c1-16(11-12-34-4)36(33)20-8-6-19(7-9-20)23-15-31-17(2)24(32-23)26(29)35-25(28)21-10-5-18(14-30-3)13-22(21)27;;;/h5-10,13,15-16,28-30H,11-12,14H2,1-4H3;1H2;2*1H. The second-order valence-corrected chi connectivity index (χ2v) is 10.1. The number of nitrogens with one attached hydrogen (secondary N) is 3. The van der Waals surface area contributed by atoms with Gasteiger partial charge in [-0.15, -0.1) is 0 Å². The lowest BCUT2D eigenvalue weighted by molar-refractivity contribution is 0.195. The number of ether oxygens (including phenoxy) is 2. The van der Waals surface area contributed by atoms with Gasteiger partial charge in [0.1, 0.15) is 11.5 Å². The highest BCUT2D eigenvalue weighted by molar-refractivity contribution is 7.85. The quantitative estimate of drug-likeness (QED) is 0.266. The first kappa shape index (κ1) is 29.8. The summed E-state index contributed by atoms with van der Waals surface area (Å²) in [4.78, 5) is 9.52. The fraction of sp³-hybridized carbons (Fsp3) is 0.308.